The largest absolute Gasteiger partial charge is 0.303 e. The van der Waals surface area contributed by atoms with Gasteiger partial charge in [0, 0.05) is 18.0 Å². The third kappa shape index (κ3) is 2.81. The highest BCUT2D eigenvalue weighted by Gasteiger charge is 2.29. The van der Waals surface area contributed by atoms with Crippen LogP contribution in [0.25, 0.3) is 0 Å². The summed E-state index contributed by atoms with van der Waals surface area (Å²) in [7, 11) is 2.15. The van der Waals surface area contributed by atoms with Crippen LogP contribution in [0.3, 0.4) is 0 Å². The number of rotatable bonds is 6. The molecule has 0 bridgehead atoms. The minimum Gasteiger partial charge on any atom is -0.303 e. The van der Waals surface area contributed by atoms with E-state index >= 15 is 0 Å². The maximum atomic E-state index is 11.1. The van der Waals surface area contributed by atoms with Gasteiger partial charge in [0.2, 0.25) is 0 Å². The Hall–Kier alpha value is -0.370. The third-order valence-electron chi connectivity index (χ3n) is 3.41. The number of nitrogens with zero attached hydrogens (tertiary/aromatic N) is 1. The summed E-state index contributed by atoms with van der Waals surface area (Å²) in [5.74, 6) is 0. The third-order valence-corrected chi connectivity index (χ3v) is 3.41. The van der Waals surface area contributed by atoms with Crippen molar-refractivity contribution in [2.75, 3.05) is 13.6 Å². The van der Waals surface area contributed by atoms with Crippen LogP contribution in [0.4, 0.5) is 0 Å². The van der Waals surface area contributed by atoms with Crippen molar-refractivity contribution in [3.63, 3.8) is 0 Å². The first-order valence-electron chi connectivity index (χ1n) is 5.78. The van der Waals surface area contributed by atoms with Gasteiger partial charge in [-0.05, 0) is 26.3 Å². The first-order valence-corrected chi connectivity index (χ1v) is 5.78. The SMILES string of the molecule is CCCC(C)(C=O)CN(C)C1CCC1. The van der Waals surface area contributed by atoms with Gasteiger partial charge in [0.15, 0.2) is 0 Å². The number of carbonyl (C=O) groups excluding carboxylic acids is 1. The Labute approximate surface area is 87.7 Å². The molecule has 82 valence electrons. The zero-order valence-corrected chi connectivity index (χ0v) is 9.75. The van der Waals surface area contributed by atoms with Gasteiger partial charge in [0.25, 0.3) is 0 Å². The molecule has 0 radical (unpaired) electrons. The van der Waals surface area contributed by atoms with E-state index in [9.17, 15) is 4.79 Å². The van der Waals surface area contributed by atoms with Crippen molar-refractivity contribution in [3.05, 3.63) is 0 Å². The number of carbonyl (C=O) groups is 1. The van der Waals surface area contributed by atoms with E-state index in [-0.39, 0.29) is 5.41 Å². The van der Waals surface area contributed by atoms with E-state index in [4.69, 9.17) is 0 Å². The zero-order valence-electron chi connectivity index (χ0n) is 9.75. The Balaban J connectivity index is 2.41. The van der Waals surface area contributed by atoms with Gasteiger partial charge < -0.3 is 9.69 Å². The van der Waals surface area contributed by atoms with Crippen LogP contribution in [0, 0.1) is 5.41 Å². The Morgan fingerprint density at radius 2 is 2.14 bits per heavy atom. The molecule has 1 rings (SSSR count). The normalized spacial score (nSPS) is 21.7. The lowest BCUT2D eigenvalue weighted by molar-refractivity contribution is -0.117. The first kappa shape index (κ1) is 11.7. The van der Waals surface area contributed by atoms with Crippen molar-refractivity contribution in [2.24, 2.45) is 5.41 Å². The van der Waals surface area contributed by atoms with Crippen LogP contribution < -0.4 is 0 Å². The summed E-state index contributed by atoms with van der Waals surface area (Å²) >= 11 is 0. The number of hydrogen-bond acceptors (Lipinski definition) is 2. The average molecular weight is 197 g/mol. The van der Waals surface area contributed by atoms with E-state index < -0.39 is 0 Å². The fourth-order valence-electron chi connectivity index (χ4n) is 2.27. The zero-order chi connectivity index (χ0) is 10.6. The molecular weight excluding hydrogens is 174 g/mol. The van der Waals surface area contributed by atoms with Crippen LogP contribution in [-0.2, 0) is 4.79 Å². The highest BCUT2D eigenvalue weighted by molar-refractivity contribution is 5.59. The summed E-state index contributed by atoms with van der Waals surface area (Å²) in [6, 6.07) is 0.742. The van der Waals surface area contributed by atoms with Crippen molar-refractivity contribution in [1.29, 1.82) is 0 Å². The molecule has 1 aliphatic rings. The molecule has 0 saturated heterocycles. The minimum atomic E-state index is -0.126. The molecule has 0 N–H and O–H groups in total. The standard InChI is InChI=1S/C12H23NO/c1-4-8-12(2,10-14)9-13(3)11-6-5-7-11/h10-11H,4-9H2,1-3H3. The lowest BCUT2D eigenvalue weighted by Crippen LogP contribution is -2.43. The maximum Gasteiger partial charge on any atom is 0.127 e. The van der Waals surface area contributed by atoms with Crippen LogP contribution in [0.1, 0.15) is 46.0 Å². The second-order valence-electron chi connectivity index (χ2n) is 5.02. The van der Waals surface area contributed by atoms with Crippen molar-refractivity contribution < 1.29 is 4.79 Å². The monoisotopic (exact) mass is 197 g/mol. The highest BCUT2D eigenvalue weighted by Crippen LogP contribution is 2.28. The fraction of sp³-hybridized carbons (Fsp3) is 0.917. The lowest BCUT2D eigenvalue weighted by atomic mass is 9.84. The van der Waals surface area contributed by atoms with Crippen molar-refractivity contribution in [2.45, 2.75) is 52.0 Å². The van der Waals surface area contributed by atoms with Crippen LogP contribution in [-0.4, -0.2) is 30.8 Å². The second kappa shape index (κ2) is 4.92. The molecule has 0 heterocycles. The summed E-state index contributed by atoms with van der Waals surface area (Å²) < 4.78 is 0. The molecule has 0 aromatic rings. The predicted molar refractivity (Wildman–Crippen MR) is 59.3 cm³/mol. The molecule has 14 heavy (non-hydrogen) atoms. The molecular formula is C12H23NO. The first-order chi connectivity index (χ1) is 6.61. The Kier molecular flexibility index (Phi) is 4.11. The summed E-state index contributed by atoms with van der Waals surface area (Å²) in [6.45, 7) is 5.15. The minimum absolute atomic E-state index is 0.126. The Bertz CT molecular complexity index is 189. The quantitative estimate of drug-likeness (QED) is 0.610. The van der Waals surface area contributed by atoms with Gasteiger partial charge in [0.05, 0.1) is 0 Å². The maximum absolute atomic E-state index is 11.1. The Morgan fingerprint density at radius 1 is 1.50 bits per heavy atom. The lowest BCUT2D eigenvalue weighted by Gasteiger charge is -2.38. The van der Waals surface area contributed by atoms with Crippen LogP contribution in [0.2, 0.25) is 0 Å². The van der Waals surface area contributed by atoms with Gasteiger partial charge in [-0.1, -0.05) is 26.7 Å². The van der Waals surface area contributed by atoms with E-state index in [1.54, 1.807) is 0 Å². The molecule has 0 aromatic carbocycles. The summed E-state index contributed by atoms with van der Waals surface area (Å²) in [5, 5.41) is 0. The fourth-order valence-corrected chi connectivity index (χ4v) is 2.27. The van der Waals surface area contributed by atoms with Gasteiger partial charge in [-0.25, -0.2) is 0 Å². The van der Waals surface area contributed by atoms with Gasteiger partial charge >= 0.3 is 0 Å². The van der Waals surface area contributed by atoms with Crippen LogP contribution >= 0.6 is 0 Å². The van der Waals surface area contributed by atoms with Gasteiger partial charge in [-0.15, -0.1) is 0 Å². The van der Waals surface area contributed by atoms with E-state index in [2.05, 4.69) is 25.8 Å². The molecule has 1 aliphatic carbocycles. The summed E-state index contributed by atoms with van der Waals surface area (Å²) in [6.07, 6.45) is 7.24. The van der Waals surface area contributed by atoms with E-state index in [1.807, 2.05) is 0 Å². The van der Waals surface area contributed by atoms with E-state index in [0.717, 1.165) is 31.7 Å². The predicted octanol–water partition coefficient (Wildman–Crippen LogP) is 2.48. The van der Waals surface area contributed by atoms with Crippen molar-refractivity contribution >= 4 is 6.29 Å². The average Bonchev–Trinajstić information content (AvgIpc) is 2.01. The Morgan fingerprint density at radius 3 is 2.50 bits per heavy atom. The van der Waals surface area contributed by atoms with Gasteiger partial charge in [-0.3, -0.25) is 0 Å². The molecule has 1 unspecified atom stereocenters. The summed E-state index contributed by atoms with van der Waals surface area (Å²) in [5.41, 5.74) is -0.126. The van der Waals surface area contributed by atoms with Gasteiger partial charge in [-0.2, -0.15) is 0 Å². The molecule has 2 heteroatoms. The number of aldehydes is 1. The second-order valence-corrected chi connectivity index (χ2v) is 5.02. The van der Waals surface area contributed by atoms with E-state index in [0.29, 0.717) is 0 Å². The highest BCUT2D eigenvalue weighted by atomic mass is 16.1. The van der Waals surface area contributed by atoms with E-state index in [1.165, 1.54) is 19.3 Å². The van der Waals surface area contributed by atoms with Gasteiger partial charge in [0.1, 0.15) is 6.29 Å². The molecule has 0 amide bonds. The van der Waals surface area contributed by atoms with Crippen LogP contribution in [0.5, 0.6) is 0 Å². The molecule has 1 fully saturated rings. The molecule has 0 aliphatic heterocycles. The molecule has 0 spiro atoms. The van der Waals surface area contributed by atoms with Crippen molar-refractivity contribution in [1.82, 2.24) is 4.90 Å². The molecule has 0 aromatic heterocycles. The smallest absolute Gasteiger partial charge is 0.127 e. The van der Waals surface area contributed by atoms with Crippen LogP contribution in [0.15, 0.2) is 0 Å². The van der Waals surface area contributed by atoms with Crippen molar-refractivity contribution in [3.8, 4) is 0 Å². The topological polar surface area (TPSA) is 20.3 Å². The number of hydrogen-bond donors (Lipinski definition) is 0. The molecule has 1 saturated carbocycles. The summed E-state index contributed by atoms with van der Waals surface area (Å²) in [4.78, 5) is 13.4. The molecule has 1 atom stereocenters. The molecule has 2 nitrogen and oxygen atoms in total.